The van der Waals surface area contributed by atoms with E-state index in [-0.39, 0.29) is 6.29 Å². The average Bonchev–Trinajstić information content (AvgIpc) is 2.44. The summed E-state index contributed by atoms with van der Waals surface area (Å²) >= 11 is 2.38. The van der Waals surface area contributed by atoms with Crippen molar-refractivity contribution in [3.63, 3.8) is 0 Å². The first-order valence-corrected chi connectivity index (χ1v) is 6.10. The zero-order valence-electron chi connectivity index (χ0n) is 9.20. The second-order valence-electron chi connectivity index (χ2n) is 3.44. The quantitative estimate of drug-likeness (QED) is 0.569. The average molecular weight is 320 g/mol. The van der Waals surface area contributed by atoms with Gasteiger partial charge in [0.2, 0.25) is 0 Å². The molecule has 0 heterocycles. The summed E-state index contributed by atoms with van der Waals surface area (Å²) in [6, 6.07) is 0. The van der Waals surface area contributed by atoms with Gasteiger partial charge in [-0.15, -0.1) is 0 Å². The van der Waals surface area contributed by atoms with Crippen LogP contribution >= 0.6 is 22.6 Å². The molecule has 2 nitrogen and oxygen atoms in total. The second-order valence-corrected chi connectivity index (χ2v) is 4.83. The van der Waals surface area contributed by atoms with Crippen LogP contribution in [0.4, 0.5) is 0 Å². The number of hydrogen-bond acceptors (Lipinski definition) is 2. The van der Waals surface area contributed by atoms with Crippen LogP contribution in [0.15, 0.2) is 33.5 Å². The molecule has 0 aliphatic heterocycles. The lowest BCUT2D eigenvalue weighted by atomic mass is 10.1. The molecular formula is C12H17IO2. The summed E-state index contributed by atoms with van der Waals surface area (Å²) in [5, 5.41) is 0. The van der Waals surface area contributed by atoms with Gasteiger partial charge in [-0.2, -0.15) is 0 Å². The Balaban J connectivity index is 2.42. The van der Waals surface area contributed by atoms with Crippen molar-refractivity contribution in [2.75, 3.05) is 14.2 Å². The van der Waals surface area contributed by atoms with Crippen molar-refractivity contribution in [1.29, 1.82) is 0 Å². The number of ether oxygens (including phenoxy) is 2. The molecule has 0 fully saturated rings. The molecule has 0 bridgehead atoms. The summed E-state index contributed by atoms with van der Waals surface area (Å²) in [4.78, 5) is 0. The van der Waals surface area contributed by atoms with Gasteiger partial charge < -0.3 is 9.47 Å². The fourth-order valence-electron chi connectivity index (χ4n) is 1.49. The van der Waals surface area contributed by atoms with E-state index >= 15 is 0 Å². The molecule has 0 atom stereocenters. The predicted octanol–water partition coefficient (Wildman–Crippen LogP) is 3.59. The molecular weight excluding hydrogens is 303 g/mol. The van der Waals surface area contributed by atoms with Gasteiger partial charge in [0.1, 0.15) is 0 Å². The first-order chi connectivity index (χ1) is 7.26. The lowest BCUT2D eigenvalue weighted by Crippen LogP contribution is -2.12. The highest BCUT2D eigenvalue weighted by Crippen LogP contribution is 2.24. The highest BCUT2D eigenvalue weighted by atomic mass is 127. The molecule has 0 aromatic carbocycles. The van der Waals surface area contributed by atoms with Gasteiger partial charge in [0, 0.05) is 20.6 Å². The van der Waals surface area contributed by atoms with E-state index in [9.17, 15) is 0 Å². The van der Waals surface area contributed by atoms with Gasteiger partial charge in [-0.05, 0) is 39.0 Å². The standard InChI is InChI=1S/C12H17IO2/c1-14-12(15-2)8-7-10-5-3-4-6-11(13)9-10/h3-6,12H,7-9H2,1-2H3. The van der Waals surface area contributed by atoms with E-state index in [1.165, 1.54) is 9.15 Å². The first-order valence-electron chi connectivity index (χ1n) is 5.02. The topological polar surface area (TPSA) is 18.5 Å². The normalized spacial score (nSPS) is 16.3. The Morgan fingerprint density at radius 2 is 1.93 bits per heavy atom. The highest BCUT2D eigenvalue weighted by Gasteiger charge is 2.08. The number of halogens is 1. The Bertz CT molecular complexity index is 275. The van der Waals surface area contributed by atoms with Crippen LogP contribution in [0, 0.1) is 0 Å². The molecule has 3 heteroatoms. The van der Waals surface area contributed by atoms with Crippen LogP contribution in [0.2, 0.25) is 0 Å². The Labute approximate surface area is 105 Å². The zero-order chi connectivity index (χ0) is 11.1. The maximum atomic E-state index is 5.16. The largest absolute Gasteiger partial charge is 0.356 e. The molecule has 0 amide bonds. The molecule has 0 saturated carbocycles. The number of hydrogen-bond donors (Lipinski definition) is 0. The summed E-state index contributed by atoms with van der Waals surface area (Å²) in [6.07, 6.45) is 11.4. The van der Waals surface area contributed by atoms with E-state index < -0.39 is 0 Å². The van der Waals surface area contributed by atoms with Gasteiger partial charge in [0.15, 0.2) is 6.29 Å². The van der Waals surface area contributed by atoms with E-state index in [0.29, 0.717) is 0 Å². The molecule has 1 rings (SSSR count). The van der Waals surface area contributed by atoms with Crippen molar-refractivity contribution in [2.45, 2.75) is 25.6 Å². The zero-order valence-corrected chi connectivity index (χ0v) is 11.4. The maximum absolute atomic E-state index is 5.16. The summed E-state index contributed by atoms with van der Waals surface area (Å²) < 4.78 is 11.7. The molecule has 0 unspecified atom stereocenters. The summed E-state index contributed by atoms with van der Waals surface area (Å²) in [7, 11) is 3.36. The Hall–Kier alpha value is -0.130. The third-order valence-electron chi connectivity index (χ3n) is 2.34. The van der Waals surface area contributed by atoms with Gasteiger partial charge in [0.25, 0.3) is 0 Å². The molecule has 15 heavy (non-hydrogen) atoms. The van der Waals surface area contributed by atoms with Crippen molar-refractivity contribution in [3.05, 3.63) is 33.5 Å². The van der Waals surface area contributed by atoms with E-state index in [0.717, 1.165) is 19.3 Å². The van der Waals surface area contributed by atoms with Crippen LogP contribution in [0.1, 0.15) is 19.3 Å². The summed E-state index contributed by atoms with van der Waals surface area (Å²) in [6.45, 7) is 0. The van der Waals surface area contributed by atoms with E-state index in [2.05, 4.69) is 46.9 Å². The minimum atomic E-state index is -0.0835. The van der Waals surface area contributed by atoms with Gasteiger partial charge in [-0.25, -0.2) is 0 Å². The monoisotopic (exact) mass is 320 g/mol. The van der Waals surface area contributed by atoms with E-state index in [1.807, 2.05) is 0 Å². The van der Waals surface area contributed by atoms with Crippen LogP contribution in [-0.2, 0) is 9.47 Å². The van der Waals surface area contributed by atoms with Crippen molar-refractivity contribution in [1.82, 2.24) is 0 Å². The summed E-state index contributed by atoms with van der Waals surface area (Å²) in [5.41, 5.74) is 1.43. The molecule has 1 aliphatic rings. The molecule has 0 radical (unpaired) electrons. The van der Waals surface area contributed by atoms with Crippen LogP contribution < -0.4 is 0 Å². The number of allylic oxidation sites excluding steroid dienone is 6. The molecule has 0 saturated heterocycles. The molecule has 1 aliphatic carbocycles. The third-order valence-corrected chi connectivity index (χ3v) is 3.08. The van der Waals surface area contributed by atoms with Crippen LogP contribution in [0.5, 0.6) is 0 Å². The first kappa shape index (κ1) is 12.9. The van der Waals surface area contributed by atoms with Crippen molar-refractivity contribution in [2.24, 2.45) is 0 Å². The van der Waals surface area contributed by atoms with Crippen molar-refractivity contribution >= 4 is 22.6 Å². The lowest BCUT2D eigenvalue weighted by molar-refractivity contribution is -0.105. The maximum Gasteiger partial charge on any atom is 0.157 e. The highest BCUT2D eigenvalue weighted by molar-refractivity contribution is 14.1. The molecule has 0 spiro atoms. The Kier molecular flexibility index (Phi) is 6.20. The van der Waals surface area contributed by atoms with Gasteiger partial charge >= 0.3 is 0 Å². The minimum Gasteiger partial charge on any atom is -0.356 e. The van der Waals surface area contributed by atoms with Crippen molar-refractivity contribution < 1.29 is 9.47 Å². The minimum absolute atomic E-state index is 0.0835. The Morgan fingerprint density at radius 1 is 1.27 bits per heavy atom. The molecule has 0 aromatic rings. The van der Waals surface area contributed by atoms with Gasteiger partial charge in [-0.1, -0.05) is 29.9 Å². The number of methoxy groups -OCH3 is 2. The number of rotatable bonds is 5. The Morgan fingerprint density at radius 3 is 2.60 bits per heavy atom. The second kappa shape index (κ2) is 7.19. The van der Waals surface area contributed by atoms with E-state index in [1.54, 1.807) is 14.2 Å². The fraction of sp³-hybridized carbons (Fsp3) is 0.500. The van der Waals surface area contributed by atoms with Gasteiger partial charge in [-0.3, -0.25) is 0 Å². The van der Waals surface area contributed by atoms with Crippen molar-refractivity contribution in [3.8, 4) is 0 Å². The molecule has 84 valence electrons. The lowest BCUT2D eigenvalue weighted by Gasteiger charge is -2.14. The third kappa shape index (κ3) is 4.95. The van der Waals surface area contributed by atoms with Crippen LogP contribution in [-0.4, -0.2) is 20.5 Å². The van der Waals surface area contributed by atoms with Gasteiger partial charge in [0.05, 0.1) is 0 Å². The molecule has 0 aromatic heterocycles. The van der Waals surface area contributed by atoms with E-state index in [4.69, 9.17) is 9.47 Å². The van der Waals surface area contributed by atoms with Crippen LogP contribution in [0.3, 0.4) is 0 Å². The predicted molar refractivity (Wildman–Crippen MR) is 71.0 cm³/mol. The fourth-order valence-corrected chi connectivity index (χ4v) is 2.19. The SMILES string of the molecule is COC(CCC1=CC=CC=C(I)C1)OC. The van der Waals surface area contributed by atoms with Crippen LogP contribution in [0.25, 0.3) is 0 Å². The summed E-state index contributed by atoms with van der Waals surface area (Å²) in [5.74, 6) is 0. The smallest absolute Gasteiger partial charge is 0.157 e. The molecule has 0 N–H and O–H groups in total.